The van der Waals surface area contributed by atoms with Crippen molar-refractivity contribution >= 4 is 66.0 Å². The maximum Gasteiger partial charge on any atom is 0.134 e. The van der Waals surface area contributed by atoms with E-state index >= 15 is 0 Å². The molecule has 2 saturated heterocycles. The molecule has 4 atom stereocenters. The van der Waals surface area contributed by atoms with Gasteiger partial charge < -0.3 is 36.8 Å². The molecule has 384 valence electrons. The molecule has 0 radical (unpaired) electrons. The molecule has 2 aromatic carbocycles. The molecule has 0 amide bonds. The molecule has 8 aromatic heterocycles. The summed E-state index contributed by atoms with van der Waals surface area (Å²) < 4.78 is 76.6. The van der Waals surface area contributed by atoms with Crippen LogP contribution in [0.1, 0.15) is 83.2 Å². The van der Waals surface area contributed by atoms with Gasteiger partial charge in [-0.15, -0.1) is 10.2 Å². The predicted octanol–water partition coefficient (Wildman–Crippen LogP) is 7.97. The summed E-state index contributed by atoms with van der Waals surface area (Å²) in [5, 5.41) is 27.6. The van der Waals surface area contributed by atoms with Crippen LogP contribution in [0.15, 0.2) is 82.1 Å². The second-order valence-electron chi connectivity index (χ2n) is 19.3. The molecule has 10 aromatic rings. The van der Waals surface area contributed by atoms with Crippen molar-refractivity contribution in [2.24, 2.45) is 25.9 Å². The lowest BCUT2D eigenvalue weighted by Gasteiger charge is -2.31. The van der Waals surface area contributed by atoms with Crippen molar-refractivity contribution in [1.29, 1.82) is 0 Å². The predicted molar refractivity (Wildman–Crippen MR) is 275 cm³/mol. The number of hydrogen-bond donors (Lipinski definition) is 0. The minimum atomic E-state index is -2.20. The first-order valence-corrected chi connectivity index (χ1v) is 27.0. The number of pyridine rings is 2. The van der Waals surface area contributed by atoms with Gasteiger partial charge in [-0.1, -0.05) is 67.2 Å². The van der Waals surface area contributed by atoms with Gasteiger partial charge in [-0.05, 0) is 101 Å². The second-order valence-corrected chi connectivity index (χ2v) is 21.1. The van der Waals surface area contributed by atoms with Gasteiger partial charge in [0.05, 0.1) is 68.0 Å². The van der Waals surface area contributed by atoms with E-state index < -0.39 is 22.2 Å². The van der Waals surface area contributed by atoms with E-state index in [0.29, 0.717) is 26.4 Å². The summed E-state index contributed by atoms with van der Waals surface area (Å²) in [4.78, 5) is 9.81. The smallest absolute Gasteiger partial charge is 0.134 e. The Balaban J connectivity index is 0.000000159. The van der Waals surface area contributed by atoms with Gasteiger partial charge in [0.2, 0.25) is 0 Å². The minimum Gasteiger partial charge on any atom is -0.772 e. The largest absolute Gasteiger partial charge is 0.772 e. The zero-order chi connectivity index (χ0) is 51.4. The number of hydrogen-bond acceptors (Lipinski definition) is 16. The van der Waals surface area contributed by atoms with Crippen LogP contribution in [0.2, 0.25) is 0 Å². The molecule has 2 aliphatic heterocycles. The van der Waals surface area contributed by atoms with Crippen LogP contribution in [0, 0.1) is 39.5 Å². The molecule has 20 nitrogen and oxygen atoms in total. The Kier molecular flexibility index (Phi) is 13.7. The van der Waals surface area contributed by atoms with E-state index in [1.54, 1.807) is 9.36 Å². The number of benzene rings is 2. The SMILES string of the molecule is Cc1cc(C(C2CCOCC2)n2c3cc(CS(=O)[O-])ccc3c3ncc(-c4c(C)nnn4C)cc32)no1.Cc1cc(C(C2CCOCC2)n2c3cc(CS(=O)[O-])ccc3c3ncc(-c4c(C)nnn4C)cc32)no1. The summed E-state index contributed by atoms with van der Waals surface area (Å²) in [5.74, 6) is 1.87. The Morgan fingerprint density at radius 1 is 0.581 bits per heavy atom. The van der Waals surface area contributed by atoms with Crippen LogP contribution < -0.4 is 0 Å². The Morgan fingerprint density at radius 3 is 1.32 bits per heavy atom. The van der Waals surface area contributed by atoms with Crippen molar-refractivity contribution < 1.29 is 36.0 Å². The molecule has 22 heteroatoms. The van der Waals surface area contributed by atoms with Gasteiger partial charge in [0.25, 0.3) is 0 Å². The summed E-state index contributed by atoms with van der Waals surface area (Å²) in [6.07, 6.45) is 7.20. The second kappa shape index (κ2) is 20.5. The molecular weight excluding hydrogens is 985 g/mol. The molecular formula is C52H54N12O8S2-2. The highest BCUT2D eigenvalue weighted by Crippen LogP contribution is 2.43. The zero-order valence-electron chi connectivity index (χ0n) is 41.8. The number of aromatic nitrogens is 12. The van der Waals surface area contributed by atoms with Crippen molar-refractivity contribution in [2.75, 3.05) is 26.4 Å². The Morgan fingerprint density at radius 2 is 0.986 bits per heavy atom. The first kappa shape index (κ1) is 49.4. The molecule has 74 heavy (non-hydrogen) atoms. The summed E-state index contributed by atoms with van der Waals surface area (Å²) in [7, 11) is 3.74. The lowest BCUT2D eigenvalue weighted by molar-refractivity contribution is 0.0543. The maximum absolute atomic E-state index is 11.5. The third-order valence-electron chi connectivity index (χ3n) is 14.4. The molecule has 0 spiro atoms. The number of nitrogens with zero attached hydrogens (tertiary/aromatic N) is 12. The number of aryl methyl sites for hydroxylation is 6. The van der Waals surface area contributed by atoms with Crippen LogP contribution in [-0.4, -0.2) is 103 Å². The number of rotatable bonds is 12. The van der Waals surface area contributed by atoms with Crippen molar-refractivity contribution in [3.63, 3.8) is 0 Å². The first-order valence-electron chi connectivity index (χ1n) is 24.5. The summed E-state index contributed by atoms with van der Waals surface area (Å²) in [6.45, 7) is 10.4. The van der Waals surface area contributed by atoms with E-state index in [1.165, 1.54) is 0 Å². The molecule has 10 heterocycles. The molecule has 4 unspecified atom stereocenters. The third-order valence-corrected chi connectivity index (χ3v) is 15.5. The average molecular weight is 1040 g/mol. The summed E-state index contributed by atoms with van der Waals surface area (Å²) in [6, 6.07) is 19.5. The van der Waals surface area contributed by atoms with Crippen LogP contribution in [0.25, 0.3) is 66.4 Å². The monoisotopic (exact) mass is 1040 g/mol. The maximum atomic E-state index is 11.5. The van der Waals surface area contributed by atoms with Gasteiger partial charge in [-0.2, -0.15) is 0 Å². The van der Waals surface area contributed by atoms with Crippen LogP contribution in [0.3, 0.4) is 0 Å². The van der Waals surface area contributed by atoms with Crippen molar-refractivity contribution in [1.82, 2.24) is 59.4 Å². The van der Waals surface area contributed by atoms with E-state index in [0.717, 1.165) is 137 Å². The fraction of sp³-hybridized carbons (Fsp3) is 0.385. The van der Waals surface area contributed by atoms with Gasteiger partial charge in [-0.25, -0.2) is 9.36 Å². The number of ether oxygens (including phenoxy) is 2. The first-order chi connectivity index (χ1) is 35.8. The average Bonchev–Trinajstić information content (AvgIpc) is 4.26. The minimum absolute atomic E-state index is 0.0545. The Labute approximate surface area is 430 Å². The highest BCUT2D eigenvalue weighted by Gasteiger charge is 2.34. The highest BCUT2D eigenvalue weighted by atomic mass is 32.2. The zero-order valence-corrected chi connectivity index (χ0v) is 43.4. The van der Waals surface area contributed by atoms with E-state index in [-0.39, 0.29) is 35.4 Å². The van der Waals surface area contributed by atoms with Crippen LogP contribution in [0.5, 0.6) is 0 Å². The third kappa shape index (κ3) is 9.38. The van der Waals surface area contributed by atoms with Crippen molar-refractivity contribution in [3.8, 4) is 22.5 Å². The molecule has 12 rings (SSSR count). The summed E-state index contributed by atoms with van der Waals surface area (Å²) in [5.41, 5.74) is 13.8. The van der Waals surface area contributed by atoms with E-state index in [2.05, 4.69) is 52.2 Å². The Hall–Kier alpha value is -6.82. The molecule has 0 saturated carbocycles. The molecule has 2 fully saturated rings. The van der Waals surface area contributed by atoms with Crippen LogP contribution in [-0.2, 0) is 57.2 Å². The fourth-order valence-corrected chi connectivity index (χ4v) is 12.1. The Bertz CT molecular complexity index is 3470. The van der Waals surface area contributed by atoms with Crippen molar-refractivity contribution in [2.45, 2.75) is 77.0 Å². The number of fused-ring (bicyclic) bond motifs is 6. The molecule has 0 bridgehead atoms. The normalized spacial score (nSPS) is 16.5. The van der Waals surface area contributed by atoms with Crippen LogP contribution >= 0.6 is 0 Å². The van der Waals surface area contributed by atoms with E-state index in [1.807, 2.05) is 103 Å². The molecule has 2 aliphatic rings. The molecule has 0 aliphatic carbocycles. The topological polar surface area (TPSA) is 248 Å². The fourth-order valence-electron chi connectivity index (χ4n) is 11.2. The highest BCUT2D eigenvalue weighted by molar-refractivity contribution is 7.78. The van der Waals surface area contributed by atoms with Gasteiger partial charge in [0.15, 0.2) is 0 Å². The van der Waals surface area contributed by atoms with Gasteiger partial charge in [0, 0.05) is 98.5 Å². The lowest BCUT2D eigenvalue weighted by Crippen LogP contribution is -2.27. The van der Waals surface area contributed by atoms with Gasteiger partial charge in [0.1, 0.15) is 22.9 Å². The van der Waals surface area contributed by atoms with E-state index in [9.17, 15) is 17.5 Å². The standard InChI is InChI=1S/2C26H28N6O4S/c2*1-15-10-21(29-36-15)26(18-6-8-35-9-7-18)32-22-11-17(14-37(33)34)4-5-20(22)24-23(32)12-19(13-27-24)25-16(2)28-30-31(25)3/h2*4-5,10-13,18,26H,6-9,14H2,1-3H3,(H,33,34)/p-2. The molecule has 0 N–H and O–H groups in total. The lowest BCUT2D eigenvalue weighted by atomic mass is 9.89. The van der Waals surface area contributed by atoms with Gasteiger partial charge in [-0.3, -0.25) is 18.4 Å². The summed E-state index contributed by atoms with van der Waals surface area (Å²) >= 11 is -4.39. The van der Waals surface area contributed by atoms with Gasteiger partial charge >= 0.3 is 0 Å². The van der Waals surface area contributed by atoms with Crippen molar-refractivity contribution in [3.05, 3.63) is 118 Å². The van der Waals surface area contributed by atoms with Crippen LogP contribution in [0.4, 0.5) is 0 Å². The van der Waals surface area contributed by atoms with E-state index in [4.69, 9.17) is 28.5 Å². The quantitative estimate of drug-likeness (QED) is 0.105.